The van der Waals surface area contributed by atoms with Crippen molar-refractivity contribution < 1.29 is 0 Å². The lowest BCUT2D eigenvalue weighted by Gasteiger charge is -2.20. The van der Waals surface area contributed by atoms with Gasteiger partial charge in [0, 0.05) is 12.6 Å². The number of rotatable bonds is 3. The van der Waals surface area contributed by atoms with Gasteiger partial charge in [-0.25, -0.2) is 0 Å². The summed E-state index contributed by atoms with van der Waals surface area (Å²) in [6, 6.07) is 11.0. The van der Waals surface area contributed by atoms with Gasteiger partial charge >= 0.3 is 0 Å². The first-order chi connectivity index (χ1) is 12.2. The molecule has 1 aromatic heterocycles. The first-order valence-electron chi connectivity index (χ1n) is 9.66. The highest BCUT2D eigenvalue weighted by Crippen LogP contribution is 2.33. The van der Waals surface area contributed by atoms with Crippen LogP contribution in [0.2, 0.25) is 0 Å². The Morgan fingerprint density at radius 1 is 1.04 bits per heavy atom. The van der Waals surface area contributed by atoms with Crippen molar-refractivity contribution in [2.24, 2.45) is 0 Å². The predicted octanol–water partition coefficient (Wildman–Crippen LogP) is 7.11. The maximum atomic E-state index is 4.65. The molecule has 0 aliphatic heterocycles. The van der Waals surface area contributed by atoms with E-state index in [0.717, 1.165) is 12.8 Å². The van der Waals surface area contributed by atoms with Crippen LogP contribution >= 0.6 is 0 Å². The van der Waals surface area contributed by atoms with Gasteiger partial charge in [-0.1, -0.05) is 81.7 Å². The average Bonchev–Trinajstić information content (AvgIpc) is 2.64. The number of nitrogens with zero attached hydrogens (tertiary/aromatic N) is 1. The van der Waals surface area contributed by atoms with Crippen LogP contribution in [0.15, 0.2) is 42.1 Å². The zero-order valence-electron chi connectivity index (χ0n) is 16.4. The first-order valence-corrected chi connectivity index (χ1v) is 9.66. The molecule has 3 rings (SSSR count). The number of allylic oxidation sites excluding steroid dienone is 2. The number of hydrogen-bond donors (Lipinski definition) is 0. The zero-order valence-corrected chi connectivity index (χ0v) is 16.4. The quantitative estimate of drug-likeness (QED) is 0.583. The topological polar surface area (TPSA) is 12.9 Å². The van der Waals surface area contributed by atoms with Crippen LogP contribution in [-0.2, 0) is 6.42 Å². The molecule has 0 saturated heterocycles. The zero-order chi connectivity index (χ0) is 18.2. The molecule has 1 heteroatoms. The van der Waals surface area contributed by atoms with Gasteiger partial charge in [0.25, 0.3) is 0 Å². The molecule has 2 aromatic rings. The molecular weight excluding hydrogens is 302 g/mol. The standard InChI is InChI=1S/C22H25N.C2H6/c1-4-7-17(5-2)21-15-22-18(8-6-13-23-22)10-11-19-14-16(3)9-12-20(19)21;1-2/h6,8-14H,4-5,7,15H2,1-3H3;1-2H3/b11-10-,21-17-;. The van der Waals surface area contributed by atoms with E-state index in [1.807, 2.05) is 26.1 Å². The summed E-state index contributed by atoms with van der Waals surface area (Å²) in [7, 11) is 0. The van der Waals surface area contributed by atoms with Crippen molar-refractivity contribution in [2.45, 2.75) is 60.3 Å². The third kappa shape index (κ3) is 4.48. The smallest absolute Gasteiger partial charge is 0.0519 e. The molecule has 1 aliphatic rings. The molecule has 1 aliphatic carbocycles. The maximum absolute atomic E-state index is 4.65. The lowest BCUT2D eigenvalue weighted by atomic mass is 9.86. The molecule has 132 valence electrons. The second-order valence-corrected chi connectivity index (χ2v) is 6.33. The van der Waals surface area contributed by atoms with E-state index >= 15 is 0 Å². The third-order valence-electron chi connectivity index (χ3n) is 4.65. The minimum atomic E-state index is 0.930. The minimum absolute atomic E-state index is 0.930. The molecule has 0 unspecified atom stereocenters. The summed E-state index contributed by atoms with van der Waals surface area (Å²) < 4.78 is 0. The van der Waals surface area contributed by atoms with Crippen LogP contribution in [0.25, 0.3) is 17.7 Å². The van der Waals surface area contributed by atoms with E-state index in [2.05, 4.69) is 62.2 Å². The van der Waals surface area contributed by atoms with Crippen LogP contribution in [0.1, 0.15) is 74.9 Å². The molecule has 0 atom stereocenters. The van der Waals surface area contributed by atoms with Gasteiger partial charge in [0.15, 0.2) is 0 Å². The minimum Gasteiger partial charge on any atom is -0.260 e. The van der Waals surface area contributed by atoms with Crippen molar-refractivity contribution in [1.82, 2.24) is 4.98 Å². The van der Waals surface area contributed by atoms with Crippen LogP contribution in [0.3, 0.4) is 0 Å². The molecule has 1 aromatic carbocycles. The van der Waals surface area contributed by atoms with Crippen molar-refractivity contribution in [1.29, 1.82) is 0 Å². The summed E-state index contributed by atoms with van der Waals surface area (Å²) in [6.45, 7) is 10.7. The van der Waals surface area contributed by atoms with Gasteiger partial charge in [0.1, 0.15) is 0 Å². The predicted molar refractivity (Wildman–Crippen MR) is 112 cm³/mol. The normalized spacial score (nSPS) is 15.7. The molecule has 0 fully saturated rings. The molecule has 0 saturated carbocycles. The van der Waals surface area contributed by atoms with E-state index in [-0.39, 0.29) is 0 Å². The summed E-state index contributed by atoms with van der Waals surface area (Å²) in [5, 5.41) is 0. The SMILES string of the molecule is CC.CCC/C(CC)=C1/Cc2ncccc2/C=C\c2cc(C)ccc21. The van der Waals surface area contributed by atoms with Gasteiger partial charge in [-0.2, -0.15) is 0 Å². The van der Waals surface area contributed by atoms with Crippen LogP contribution < -0.4 is 0 Å². The van der Waals surface area contributed by atoms with E-state index in [1.54, 1.807) is 5.57 Å². The molecule has 1 heterocycles. The van der Waals surface area contributed by atoms with Gasteiger partial charge in [0.2, 0.25) is 0 Å². The van der Waals surface area contributed by atoms with Crippen molar-refractivity contribution in [3.8, 4) is 0 Å². The van der Waals surface area contributed by atoms with Gasteiger partial charge < -0.3 is 0 Å². The van der Waals surface area contributed by atoms with E-state index < -0.39 is 0 Å². The fourth-order valence-electron chi connectivity index (χ4n) is 3.45. The van der Waals surface area contributed by atoms with Crippen molar-refractivity contribution >= 4 is 17.7 Å². The largest absolute Gasteiger partial charge is 0.260 e. The average molecular weight is 334 g/mol. The molecule has 25 heavy (non-hydrogen) atoms. The lowest BCUT2D eigenvalue weighted by Crippen LogP contribution is -2.04. The van der Waals surface area contributed by atoms with Crippen molar-refractivity contribution in [2.75, 3.05) is 0 Å². The fraction of sp³-hybridized carbons (Fsp3) is 0.375. The van der Waals surface area contributed by atoms with E-state index in [9.17, 15) is 0 Å². The molecule has 0 radical (unpaired) electrons. The van der Waals surface area contributed by atoms with Crippen molar-refractivity contribution in [3.63, 3.8) is 0 Å². The Bertz CT molecular complexity index is 765. The number of benzene rings is 1. The Hall–Kier alpha value is -2.15. The highest BCUT2D eigenvalue weighted by atomic mass is 14.7. The Morgan fingerprint density at radius 3 is 2.52 bits per heavy atom. The fourth-order valence-corrected chi connectivity index (χ4v) is 3.45. The van der Waals surface area contributed by atoms with Crippen LogP contribution in [0.4, 0.5) is 0 Å². The number of hydrogen-bond acceptors (Lipinski definition) is 1. The number of aromatic nitrogens is 1. The number of fused-ring (bicyclic) bond motifs is 2. The van der Waals surface area contributed by atoms with Crippen LogP contribution in [0, 0.1) is 6.92 Å². The highest BCUT2D eigenvalue weighted by molar-refractivity contribution is 5.84. The molecule has 0 amide bonds. The monoisotopic (exact) mass is 333 g/mol. The summed E-state index contributed by atoms with van der Waals surface area (Å²) >= 11 is 0. The third-order valence-corrected chi connectivity index (χ3v) is 4.65. The Morgan fingerprint density at radius 2 is 1.80 bits per heavy atom. The van der Waals surface area contributed by atoms with Crippen LogP contribution in [0.5, 0.6) is 0 Å². The van der Waals surface area contributed by atoms with E-state index in [0.29, 0.717) is 0 Å². The van der Waals surface area contributed by atoms with Gasteiger partial charge in [-0.15, -0.1) is 0 Å². The second kappa shape index (κ2) is 9.36. The van der Waals surface area contributed by atoms with Crippen molar-refractivity contribution in [3.05, 3.63) is 70.0 Å². The second-order valence-electron chi connectivity index (χ2n) is 6.33. The first kappa shape index (κ1) is 19.2. The maximum Gasteiger partial charge on any atom is 0.0519 e. The van der Waals surface area contributed by atoms with Gasteiger partial charge in [-0.3, -0.25) is 4.98 Å². The molecule has 0 N–H and O–H groups in total. The summed E-state index contributed by atoms with van der Waals surface area (Å²) in [5.41, 5.74) is 9.51. The van der Waals surface area contributed by atoms with E-state index in [4.69, 9.17) is 0 Å². The number of aryl methyl sites for hydroxylation is 1. The molecule has 0 bridgehead atoms. The van der Waals surface area contributed by atoms with Gasteiger partial charge in [0.05, 0.1) is 5.69 Å². The summed E-state index contributed by atoms with van der Waals surface area (Å²) in [5.74, 6) is 0. The highest BCUT2D eigenvalue weighted by Gasteiger charge is 2.16. The summed E-state index contributed by atoms with van der Waals surface area (Å²) in [6.07, 6.45) is 10.8. The molecule has 1 nitrogen and oxygen atoms in total. The van der Waals surface area contributed by atoms with E-state index in [1.165, 1.54) is 46.4 Å². The Kier molecular flexibility index (Phi) is 7.18. The molecular formula is C24H31N. The van der Waals surface area contributed by atoms with Gasteiger partial charge in [-0.05, 0) is 48.1 Å². The summed E-state index contributed by atoms with van der Waals surface area (Å²) in [4.78, 5) is 4.65. The number of pyridine rings is 1. The molecule has 0 spiro atoms. The van der Waals surface area contributed by atoms with Crippen LogP contribution in [-0.4, -0.2) is 4.98 Å². The Labute approximate surface area is 153 Å². The Balaban J connectivity index is 0.00000109. The lowest BCUT2D eigenvalue weighted by molar-refractivity contribution is 0.855.